The smallest absolute Gasteiger partial charge is 0.404 e. The zero-order valence-corrected chi connectivity index (χ0v) is 40.3. The number of phosphoric ester groups is 3. The van der Waals surface area contributed by atoms with E-state index in [1.54, 1.807) is 91.0 Å². The van der Waals surface area contributed by atoms with Crippen LogP contribution in [0.5, 0.6) is 17.2 Å². The first-order chi connectivity index (χ1) is 32.0. The standard InChI is InChI=1S/C49H55N2O13P3/c1-36(2)17-14-18-37(3)19-15-20-38(4)29-30-51-44-31-42(62-65(53,54)59-33-39-21-8-5-9-22-39)32-46(64-67(57,58)61-35-41-25-12-7-13-26-41)48(44)50-47-43(49(51)52)27-16-28-45(47)63-66(55,56)60-34-40-23-10-6-11-24-40/h5-13,16-17,19,21-29,31-32,50H,14-15,18,20,30,33-35H2,1-4H3,(H,53,54)(H,55,56)(H,57,58). The summed E-state index contributed by atoms with van der Waals surface area (Å²) in [4.78, 5) is 49.3. The lowest BCUT2D eigenvalue weighted by molar-refractivity contribution is 0.0990. The van der Waals surface area contributed by atoms with Crippen LogP contribution in [-0.2, 0) is 47.1 Å². The van der Waals surface area contributed by atoms with Crippen molar-refractivity contribution in [3.63, 3.8) is 0 Å². The van der Waals surface area contributed by atoms with Gasteiger partial charge in [0.25, 0.3) is 5.91 Å². The number of fused-ring (bicyclic) bond motifs is 2. The maximum Gasteiger partial charge on any atom is 0.527 e. The Morgan fingerprint density at radius 1 is 0.567 bits per heavy atom. The molecule has 4 N–H and O–H groups in total. The summed E-state index contributed by atoms with van der Waals surface area (Å²) in [5.74, 6) is -1.81. The normalized spacial score (nSPS) is 15.4. The number of benzene rings is 5. The molecule has 1 amide bonds. The average molecular weight is 973 g/mol. The maximum absolute atomic E-state index is 14.9. The van der Waals surface area contributed by atoms with Crippen LogP contribution in [0.15, 0.2) is 156 Å². The minimum atomic E-state index is -5.05. The lowest BCUT2D eigenvalue weighted by atomic mass is 10.1. The van der Waals surface area contributed by atoms with Crippen molar-refractivity contribution in [3.8, 4) is 17.2 Å². The van der Waals surface area contributed by atoms with E-state index in [0.717, 1.165) is 30.9 Å². The van der Waals surface area contributed by atoms with E-state index in [0.29, 0.717) is 23.1 Å². The number of carbonyl (C=O) groups is 1. The molecule has 354 valence electrons. The van der Waals surface area contributed by atoms with E-state index in [9.17, 15) is 33.2 Å². The number of phosphoric acid groups is 3. The largest absolute Gasteiger partial charge is 0.527 e. The van der Waals surface area contributed by atoms with E-state index >= 15 is 0 Å². The molecule has 15 nitrogen and oxygen atoms in total. The Morgan fingerprint density at radius 3 is 1.57 bits per heavy atom. The van der Waals surface area contributed by atoms with Gasteiger partial charge in [-0.1, -0.05) is 132 Å². The van der Waals surface area contributed by atoms with Gasteiger partial charge < -0.3 is 23.8 Å². The molecule has 0 fully saturated rings. The Kier molecular flexibility index (Phi) is 17.8. The van der Waals surface area contributed by atoms with Crippen LogP contribution in [0.25, 0.3) is 0 Å². The number of nitrogens with zero attached hydrogens (tertiary/aromatic N) is 1. The summed E-state index contributed by atoms with van der Waals surface area (Å²) in [6, 6.07) is 32.4. The van der Waals surface area contributed by atoms with Gasteiger partial charge in [0, 0.05) is 18.7 Å². The van der Waals surface area contributed by atoms with Gasteiger partial charge in [0.05, 0.1) is 36.8 Å². The molecule has 0 aromatic heterocycles. The van der Waals surface area contributed by atoms with Gasteiger partial charge in [-0.25, -0.2) is 13.7 Å². The molecular weight excluding hydrogens is 917 g/mol. The second-order valence-electron chi connectivity index (χ2n) is 16.0. The van der Waals surface area contributed by atoms with Crippen LogP contribution in [0.4, 0.5) is 17.1 Å². The van der Waals surface area contributed by atoms with E-state index in [1.807, 2.05) is 13.0 Å². The van der Waals surface area contributed by atoms with Crippen molar-refractivity contribution < 1.29 is 60.3 Å². The van der Waals surface area contributed by atoms with Gasteiger partial charge in [-0.2, -0.15) is 0 Å². The number of allylic oxidation sites excluding steroid dienone is 5. The van der Waals surface area contributed by atoms with Crippen molar-refractivity contribution >= 4 is 46.4 Å². The number of hydrogen-bond acceptors (Lipinski definition) is 11. The monoisotopic (exact) mass is 972 g/mol. The predicted octanol–water partition coefficient (Wildman–Crippen LogP) is 12.9. The van der Waals surface area contributed by atoms with Crippen LogP contribution in [0, 0.1) is 0 Å². The molecule has 0 radical (unpaired) electrons. The molecule has 5 aromatic rings. The zero-order valence-electron chi connectivity index (χ0n) is 37.6. The number of nitrogens with one attached hydrogen (secondary N) is 1. The van der Waals surface area contributed by atoms with Crippen LogP contribution < -0.4 is 23.8 Å². The van der Waals surface area contributed by atoms with Crippen molar-refractivity contribution in [1.82, 2.24) is 0 Å². The SMILES string of the molecule is CC(C)=CCCC(C)=CCCC(C)=CCN1C(=O)c2cccc(OP(=O)(O)OCc3ccccc3)c2Nc2c(OP(=O)(O)OCc3ccccc3)cc(OP(=O)(O)OCc3ccccc3)cc21. The van der Waals surface area contributed by atoms with Gasteiger partial charge in [0.1, 0.15) is 11.4 Å². The fourth-order valence-corrected chi connectivity index (χ4v) is 9.01. The molecule has 5 aromatic carbocycles. The molecule has 0 saturated heterocycles. The lowest BCUT2D eigenvalue weighted by Crippen LogP contribution is -2.30. The van der Waals surface area contributed by atoms with Crippen molar-refractivity contribution in [2.45, 2.75) is 73.2 Å². The lowest BCUT2D eigenvalue weighted by Gasteiger charge is -2.25. The molecule has 18 heteroatoms. The summed E-state index contributed by atoms with van der Waals surface area (Å²) in [6.07, 6.45) is 9.50. The van der Waals surface area contributed by atoms with Gasteiger partial charge >= 0.3 is 23.5 Å². The summed E-state index contributed by atoms with van der Waals surface area (Å²) in [5.41, 5.74) is 4.83. The number of amides is 1. The van der Waals surface area contributed by atoms with Gasteiger partial charge in [0.2, 0.25) is 0 Å². The molecule has 0 saturated carbocycles. The third kappa shape index (κ3) is 15.8. The number of anilines is 3. The topological polar surface area (TPSA) is 200 Å². The van der Waals surface area contributed by atoms with Gasteiger partial charge in [-0.3, -0.25) is 33.0 Å². The minimum Gasteiger partial charge on any atom is -0.404 e. The first kappa shape index (κ1) is 50.8. The van der Waals surface area contributed by atoms with Crippen molar-refractivity contribution in [2.24, 2.45) is 0 Å². The third-order valence-electron chi connectivity index (χ3n) is 10.2. The number of carbonyl (C=O) groups excluding carboxylic acids is 1. The van der Waals surface area contributed by atoms with E-state index in [4.69, 9.17) is 27.1 Å². The maximum atomic E-state index is 14.9. The Morgan fingerprint density at radius 2 is 1.04 bits per heavy atom. The molecular formula is C49H55N2O13P3. The molecule has 1 aliphatic heterocycles. The molecule has 3 unspecified atom stereocenters. The molecule has 0 aliphatic carbocycles. The Balaban J connectivity index is 1.41. The fourth-order valence-electron chi connectivity index (χ4n) is 6.75. The van der Waals surface area contributed by atoms with E-state index < -0.39 is 35.1 Å². The first-order valence-corrected chi connectivity index (χ1v) is 25.9. The Bertz CT molecular complexity index is 2730. The highest BCUT2D eigenvalue weighted by Crippen LogP contribution is 2.56. The van der Waals surface area contributed by atoms with Crippen LogP contribution in [-0.4, -0.2) is 27.1 Å². The highest BCUT2D eigenvalue weighted by atomic mass is 31.2. The second-order valence-corrected chi connectivity index (χ2v) is 20.1. The quantitative estimate of drug-likeness (QED) is 0.0356. The Hall–Kier alpha value is -5.56. The number of para-hydroxylation sites is 1. The average Bonchev–Trinajstić information content (AvgIpc) is 3.41. The summed E-state index contributed by atoms with van der Waals surface area (Å²) < 4.78 is 73.7. The summed E-state index contributed by atoms with van der Waals surface area (Å²) in [7, 11) is -14.8. The Labute approximate surface area is 391 Å². The fraction of sp³-hybridized carbons (Fsp3) is 0.245. The van der Waals surface area contributed by atoms with Crippen molar-refractivity contribution in [2.75, 3.05) is 16.8 Å². The molecule has 6 rings (SSSR count). The van der Waals surface area contributed by atoms with Crippen LogP contribution in [0.3, 0.4) is 0 Å². The highest BCUT2D eigenvalue weighted by molar-refractivity contribution is 7.48. The van der Waals surface area contributed by atoms with Gasteiger partial charge in [0.15, 0.2) is 11.5 Å². The molecule has 67 heavy (non-hydrogen) atoms. The third-order valence-corrected chi connectivity index (χ3v) is 12.9. The zero-order chi connectivity index (χ0) is 48.0. The van der Waals surface area contributed by atoms with Crippen molar-refractivity contribution in [1.29, 1.82) is 0 Å². The highest BCUT2D eigenvalue weighted by Gasteiger charge is 2.36. The van der Waals surface area contributed by atoms with Crippen LogP contribution in [0.2, 0.25) is 0 Å². The van der Waals surface area contributed by atoms with Gasteiger partial charge in [-0.05, 0) is 82.2 Å². The molecule has 0 bridgehead atoms. The van der Waals surface area contributed by atoms with Gasteiger partial charge in [-0.15, -0.1) is 0 Å². The van der Waals surface area contributed by atoms with Crippen LogP contribution in [0.1, 0.15) is 80.4 Å². The molecule has 3 atom stereocenters. The van der Waals surface area contributed by atoms with Crippen molar-refractivity contribution in [3.05, 3.63) is 179 Å². The van der Waals surface area contributed by atoms with Crippen LogP contribution >= 0.6 is 23.5 Å². The number of hydrogen-bond donors (Lipinski definition) is 4. The summed E-state index contributed by atoms with van der Waals surface area (Å²) >= 11 is 0. The number of rotatable bonds is 23. The molecule has 0 spiro atoms. The predicted molar refractivity (Wildman–Crippen MR) is 258 cm³/mol. The van der Waals surface area contributed by atoms with E-state index in [2.05, 4.69) is 38.2 Å². The van der Waals surface area contributed by atoms with E-state index in [1.165, 1.54) is 40.3 Å². The minimum absolute atomic E-state index is 0.0438. The molecule has 1 heterocycles. The summed E-state index contributed by atoms with van der Waals surface area (Å²) in [6.45, 7) is 7.15. The summed E-state index contributed by atoms with van der Waals surface area (Å²) in [5, 5.41) is 3.05. The second kappa shape index (κ2) is 23.4. The first-order valence-electron chi connectivity index (χ1n) is 21.4. The molecule has 1 aliphatic rings. The van der Waals surface area contributed by atoms with E-state index in [-0.39, 0.29) is 60.5 Å².